The fraction of sp³-hybridized carbons (Fsp3) is 0.917. The van der Waals surface area contributed by atoms with Crippen LogP contribution in [0.2, 0.25) is 0 Å². The summed E-state index contributed by atoms with van der Waals surface area (Å²) in [4.78, 5) is 11.9. The lowest BCUT2D eigenvalue weighted by Crippen LogP contribution is -2.51. The number of methoxy groups -OCH3 is 1. The molecule has 3 N–H and O–H groups in total. The van der Waals surface area contributed by atoms with Gasteiger partial charge in [-0.1, -0.05) is 20.8 Å². The van der Waals surface area contributed by atoms with E-state index < -0.39 is 6.04 Å². The van der Waals surface area contributed by atoms with E-state index in [4.69, 9.17) is 10.5 Å². The predicted molar refractivity (Wildman–Crippen MR) is 64.0 cm³/mol. The quantitative estimate of drug-likeness (QED) is 0.758. The van der Waals surface area contributed by atoms with Gasteiger partial charge in [0.2, 0.25) is 5.91 Å². The highest BCUT2D eigenvalue weighted by Crippen LogP contribution is 2.23. The lowest BCUT2D eigenvalue weighted by atomic mass is 9.87. The summed E-state index contributed by atoms with van der Waals surface area (Å²) in [7, 11) is 1.72. The molecule has 1 amide bonds. The van der Waals surface area contributed by atoms with Gasteiger partial charge in [-0.3, -0.25) is 4.79 Å². The van der Waals surface area contributed by atoms with Gasteiger partial charge in [0.05, 0.1) is 12.1 Å². The third-order valence-corrected chi connectivity index (χ3v) is 3.28. The molecule has 1 fully saturated rings. The SMILES string of the molecule is COC1CCC(NC(=O)C(N)C(C)(C)C)C1. The number of rotatable bonds is 3. The summed E-state index contributed by atoms with van der Waals surface area (Å²) < 4.78 is 5.27. The molecule has 0 aromatic carbocycles. The van der Waals surface area contributed by atoms with E-state index in [9.17, 15) is 4.79 Å². The fourth-order valence-corrected chi connectivity index (χ4v) is 1.97. The molecular formula is C12H24N2O2. The Labute approximate surface area is 97.9 Å². The van der Waals surface area contributed by atoms with Gasteiger partial charge in [0.25, 0.3) is 0 Å². The van der Waals surface area contributed by atoms with E-state index in [2.05, 4.69) is 5.32 Å². The molecule has 0 aromatic rings. The van der Waals surface area contributed by atoms with E-state index in [1.807, 2.05) is 20.8 Å². The first kappa shape index (κ1) is 13.5. The number of hydrogen-bond acceptors (Lipinski definition) is 3. The van der Waals surface area contributed by atoms with Crippen molar-refractivity contribution in [2.45, 2.75) is 58.2 Å². The second-order valence-electron chi connectivity index (χ2n) is 5.72. The zero-order chi connectivity index (χ0) is 12.3. The standard InChI is InChI=1S/C12H24N2O2/c1-12(2,3)10(13)11(15)14-8-5-6-9(7-8)16-4/h8-10H,5-7,13H2,1-4H3,(H,14,15). The summed E-state index contributed by atoms with van der Waals surface area (Å²) in [6.07, 6.45) is 3.20. The van der Waals surface area contributed by atoms with Crippen molar-refractivity contribution in [1.29, 1.82) is 0 Å². The molecule has 94 valence electrons. The minimum atomic E-state index is -0.450. The molecule has 1 aliphatic carbocycles. The number of ether oxygens (including phenoxy) is 1. The van der Waals surface area contributed by atoms with Crippen molar-refractivity contribution in [1.82, 2.24) is 5.32 Å². The summed E-state index contributed by atoms with van der Waals surface area (Å²) in [6, 6.07) is -0.222. The fourth-order valence-electron chi connectivity index (χ4n) is 1.97. The van der Waals surface area contributed by atoms with Gasteiger partial charge in [0.15, 0.2) is 0 Å². The zero-order valence-corrected chi connectivity index (χ0v) is 10.7. The minimum Gasteiger partial charge on any atom is -0.381 e. The van der Waals surface area contributed by atoms with Crippen LogP contribution in [0, 0.1) is 5.41 Å². The van der Waals surface area contributed by atoms with E-state index in [0.29, 0.717) is 0 Å². The normalized spacial score (nSPS) is 27.8. The smallest absolute Gasteiger partial charge is 0.237 e. The first-order valence-corrected chi connectivity index (χ1v) is 5.93. The molecule has 1 rings (SSSR count). The van der Waals surface area contributed by atoms with Gasteiger partial charge < -0.3 is 15.8 Å². The number of carbonyl (C=O) groups excluding carboxylic acids is 1. The van der Waals surface area contributed by atoms with Crippen LogP contribution in [0.5, 0.6) is 0 Å². The lowest BCUT2D eigenvalue weighted by Gasteiger charge is -2.27. The Balaban J connectivity index is 2.41. The molecule has 0 saturated heterocycles. The van der Waals surface area contributed by atoms with Gasteiger partial charge >= 0.3 is 0 Å². The maximum atomic E-state index is 11.9. The molecule has 0 bridgehead atoms. The maximum absolute atomic E-state index is 11.9. The van der Waals surface area contributed by atoms with Crippen molar-refractivity contribution in [3.63, 3.8) is 0 Å². The van der Waals surface area contributed by atoms with Crippen LogP contribution >= 0.6 is 0 Å². The molecule has 16 heavy (non-hydrogen) atoms. The summed E-state index contributed by atoms with van der Waals surface area (Å²) >= 11 is 0. The largest absolute Gasteiger partial charge is 0.381 e. The molecular weight excluding hydrogens is 204 g/mol. The summed E-state index contributed by atoms with van der Waals surface area (Å²) in [6.45, 7) is 5.93. The minimum absolute atomic E-state index is 0.0470. The Kier molecular flexibility index (Phi) is 4.33. The summed E-state index contributed by atoms with van der Waals surface area (Å²) in [5.41, 5.74) is 5.71. The van der Waals surface area contributed by atoms with Crippen molar-refractivity contribution >= 4 is 5.91 Å². The molecule has 1 saturated carbocycles. The highest BCUT2D eigenvalue weighted by atomic mass is 16.5. The van der Waals surface area contributed by atoms with Crippen molar-refractivity contribution in [3.8, 4) is 0 Å². The van der Waals surface area contributed by atoms with Crippen molar-refractivity contribution in [2.24, 2.45) is 11.1 Å². The van der Waals surface area contributed by atoms with E-state index in [1.54, 1.807) is 7.11 Å². The van der Waals surface area contributed by atoms with Crippen LogP contribution in [0.25, 0.3) is 0 Å². The average molecular weight is 228 g/mol. The van der Waals surface area contributed by atoms with Gasteiger partial charge in [-0.2, -0.15) is 0 Å². The monoisotopic (exact) mass is 228 g/mol. The second-order valence-corrected chi connectivity index (χ2v) is 5.72. The van der Waals surface area contributed by atoms with Crippen molar-refractivity contribution in [2.75, 3.05) is 7.11 Å². The predicted octanol–water partition coefficient (Wildman–Crippen LogP) is 1.04. The van der Waals surface area contributed by atoms with E-state index in [0.717, 1.165) is 19.3 Å². The number of nitrogens with two attached hydrogens (primary N) is 1. The van der Waals surface area contributed by atoms with Gasteiger partial charge in [0.1, 0.15) is 0 Å². The van der Waals surface area contributed by atoms with Gasteiger partial charge in [-0.05, 0) is 24.7 Å². The molecule has 0 aliphatic heterocycles. The molecule has 3 unspecified atom stereocenters. The Bertz CT molecular complexity index is 248. The molecule has 3 atom stereocenters. The van der Waals surface area contributed by atoms with Crippen LogP contribution in [-0.2, 0) is 9.53 Å². The molecule has 4 nitrogen and oxygen atoms in total. The van der Waals surface area contributed by atoms with Crippen LogP contribution in [0.1, 0.15) is 40.0 Å². The lowest BCUT2D eigenvalue weighted by molar-refractivity contribution is -0.125. The summed E-state index contributed by atoms with van der Waals surface area (Å²) in [5, 5.41) is 3.01. The van der Waals surface area contributed by atoms with E-state index >= 15 is 0 Å². The molecule has 1 aliphatic rings. The topological polar surface area (TPSA) is 64.3 Å². The van der Waals surface area contributed by atoms with Crippen LogP contribution in [0.3, 0.4) is 0 Å². The Morgan fingerprint density at radius 1 is 1.44 bits per heavy atom. The van der Waals surface area contributed by atoms with Crippen LogP contribution in [-0.4, -0.2) is 31.2 Å². The van der Waals surface area contributed by atoms with Crippen molar-refractivity contribution < 1.29 is 9.53 Å². The van der Waals surface area contributed by atoms with E-state index in [-0.39, 0.29) is 23.5 Å². The van der Waals surface area contributed by atoms with Gasteiger partial charge in [-0.25, -0.2) is 0 Å². The summed E-state index contributed by atoms with van der Waals surface area (Å²) in [5.74, 6) is -0.0470. The number of carbonyl (C=O) groups is 1. The zero-order valence-electron chi connectivity index (χ0n) is 10.7. The van der Waals surface area contributed by atoms with E-state index in [1.165, 1.54) is 0 Å². The highest BCUT2D eigenvalue weighted by Gasteiger charge is 2.31. The highest BCUT2D eigenvalue weighted by molar-refractivity contribution is 5.82. The number of amides is 1. The van der Waals surface area contributed by atoms with Gasteiger partial charge in [0, 0.05) is 13.2 Å². The van der Waals surface area contributed by atoms with Crippen LogP contribution in [0.15, 0.2) is 0 Å². The van der Waals surface area contributed by atoms with Crippen LogP contribution in [0.4, 0.5) is 0 Å². The first-order valence-electron chi connectivity index (χ1n) is 5.93. The molecule has 0 aromatic heterocycles. The molecule has 4 heteroatoms. The third kappa shape index (κ3) is 3.46. The number of nitrogens with one attached hydrogen (secondary N) is 1. The maximum Gasteiger partial charge on any atom is 0.237 e. The Morgan fingerprint density at radius 2 is 2.06 bits per heavy atom. The van der Waals surface area contributed by atoms with Crippen LogP contribution < -0.4 is 11.1 Å². The van der Waals surface area contributed by atoms with Crippen molar-refractivity contribution in [3.05, 3.63) is 0 Å². The first-order chi connectivity index (χ1) is 7.34. The average Bonchev–Trinajstić information content (AvgIpc) is 2.63. The van der Waals surface area contributed by atoms with Gasteiger partial charge in [-0.15, -0.1) is 0 Å². The number of hydrogen-bond donors (Lipinski definition) is 2. The second kappa shape index (κ2) is 5.15. The molecule has 0 heterocycles. The molecule has 0 spiro atoms. The molecule has 0 radical (unpaired) electrons. The third-order valence-electron chi connectivity index (χ3n) is 3.28. The Morgan fingerprint density at radius 3 is 2.50 bits per heavy atom. The Hall–Kier alpha value is -0.610.